The van der Waals surface area contributed by atoms with Gasteiger partial charge in [-0.05, 0) is 51.0 Å². The Morgan fingerprint density at radius 3 is 1.50 bits per heavy atom. The molecule has 0 N–H and O–H groups in total. The highest BCUT2D eigenvalue weighted by atomic mass is 16.3. The van der Waals surface area contributed by atoms with Gasteiger partial charge < -0.3 is 8.83 Å². The van der Waals surface area contributed by atoms with E-state index in [1.165, 1.54) is 0 Å². The number of benzene rings is 2. The van der Waals surface area contributed by atoms with E-state index >= 15 is 0 Å². The van der Waals surface area contributed by atoms with Gasteiger partial charge in [0.05, 0.1) is 10.8 Å². The number of aromatic nitrogens is 2. The van der Waals surface area contributed by atoms with E-state index in [9.17, 15) is 0 Å². The maximum atomic E-state index is 5.94. The summed E-state index contributed by atoms with van der Waals surface area (Å²) in [6.07, 6.45) is 3.49. The van der Waals surface area contributed by atoms with E-state index in [2.05, 4.69) is 64.1 Å². The van der Waals surface area contributed by atoms with E-state index in [4.69, 9.17) is 18.8 Å². The number of fused-ring (bicyclic) bond motifs is 10. The van der Waals surface area contributed by atoms with Crippen LogP contribution in [-0.2, 0) is 10.8 Å². The highest BCUT2D eigenvalue weighted by molar-refractivity contribution is 5.63. The average Bonchev–Trinajstić information content (AvgIpc) is 3.38. The molecule has 4 aromatic rings. The standard InChI is InChI=1S/C24H22N2O2/c1-23(2)17-9-5-7-15(11-17)20-14-28-22(26-20)24(3,4)18-10-6-8-16(12-18)19-13-27-21(23)25-19/h5-14H,1-4H3. The molecule has 4 nitrogen and oxygen atoms in total. The number of nitrogens with zero attached hydrogens (tertiary/aromatic N) is 2. The third kappa shape index (κ3) is 2.44. The lowest BCUT2D eigenvalue weighted by atomic mass is 9.83. The first-order valence-corrected chi connectivity index (χ1v) is 9.49. The van der Waals surface area contributed by atoms with Gasteiger partial charge in [0, 0.05) is 11.1 Å². The summed E-state index contributed by atoms with van der Waals surface area (Å²) in [5, 5.41) is 0. The smallest absolute Gasteiger partial charge is 0.204 e. The van der Waals surface area contributed by atoms with Gasteiger partial charge in [-0.2, -0.15) is 0 Å². The fourth-order valence-corrected chi connectivity index (χ4v) is 3.77. The van der Waals surface area contributed by atoms with Crippen LogP contribution < -0.4 is 0 Å². The second kappa shape index (κ2) is 5.68. The van der Waals surface area contributed by atoms with Gasteiger partial charge in [-0.1, -0.05) is 36.4 Å². The van der Waals surface area contributed by atoms with Crippen molar-refractivity contribution < 1.29 is 8.83 Å². The maximum Gasteiger partial charge on any atom is 0.204 e. The molecular weight excluding hydrogens is 348 g/mol. The molecule has 4 heteroatoms. The van der Waals surface area contributed by atoms with Crippen molar-refractivity contribution in [2.45, 2.75) is 38.5 Å². The zero-order valence-corrected chi connectivity index (χ0v) is 16.5. The molecule has 28 heavy (non-hydrogen) atoms. The summed E-state index contributed by atoms with van der Waals surface area (Å²) in [5.74, 6) is 1.39. The molecule has 0 spiro atoms. The van der Waals surface area contributed by atoms with Crippen molar-refractivity contribution in [1.82, 2.24) is 9.97 Å². The Hall–Kier alpha value is -3.14. The first-order chi connectivity index (χ1) is 13.4. The summed E-state index contributed by atoms with van der Waals surface area (Å²) in [6, 6.07) is 16.7. The average molecular weight is 370 g/mol. The van der Waals surface area contributed by atoms with E-state index < -0.39 is 0 Å². The van der Waals surface area contributed by atoms with Crippen LogP contribution in [0.25, 0.3) is 22.5 Å². The minimum atomic E-state index is -0.373. The van der Waals surface area contributed by atoms with Crippen LogP contribution in [0.5, 0.6) is 0 Å². The quantitative estimate of drug-likeness (QED) is 0.383. The summed E-state index contributed by atoms with van der Waals surface area (Å²) >= 11 is 0. The Morgan fingerprint density at radius 2 is 1.07 bits per heavy atom. The minimum Gasteiger partial charge on any atom is -0.447 e. The second-order valence-corrected chi connectivity index (χ2v) is 8.49. The molecule has 2 aromatic carbocycles. The van der Waals surface area contributed by atoms with Crippen LogP contribution in [0.15, 0.2) is 69.9 Å². The van der Waals surface area contributed by atoms with Crippen LogP contribution in [-0.4, -0.2) is 9.97 Å². The normalized spacial score (nSPS) is 16.4. The molecule has 0 saturated carbocycles. The predicted octanol–water partition coefficient (Wildman–Crippen LogP) is 5.96. The van der Waals surface area contributed by atoms with Crippen molar-refractivity contribution in [1.29, 1.82) is 0 Å². The Kier molecular flexibility index (Phi) is 3.45. The van der Waals surface area contributed by atoms with Gasteiger partial charge in [-0.15, -0.1) is 0 Å². The molecule has 0 amide bonds. The second-order valence-electron chi connectivity index (χ2n) is 8.49. The monoisotopic (exact) mass is 370 g/mol. The Balaban J connectivity index is 1.82. The van der Waals surface area contributed by atoms with Crippen molar-refractivity contribution in [2.75, 3.05) is 0 Å². The molecule has 0 saturated heterocycles. The van der Waals surface area contributed by atoms with Crippen molar-refractivity contribution >= 4 is 0 Å². The zero-order chi connectivity index (χ0) is 19.5. The minimum absolute atomic E-state index is 0.373. The molecule has 140 valence electrons. The molecule has 0 fully saturated rings. The number of rotatable bonds is 0. The molecule has 0 atom stereocenters. The topological polar surface area (TPSA) is 52.1 Å². The molecule has 5 rings (SSSR count). The van der Waals surface area contributed by atoms with Gasteiger partial charge in [-0.25, -0.2) is 9.97 Å². The third-order valence-electron chi connectivity index (χ3n) is 5.84. The summed E-state index contributed by atoms with van der Waals surface area (Å²) < 4.78 is 11.9. The molecular formula is C24H22N2O2. The van der Waals surface area contributed by atoms with Crippen LogP contribution in [0.1, 0.15) is 50.6 Å². The number of hydrogen-bond acceptors (Lipinski definition) is 4. The van der Waals surface area contributed by atoms with Crippen molar-refractivity contribution in [3.05, 3.63) is 84.0 Å². The predicted molar refractivity (Wildman–Crippen MR) is 108 cm³/mol. The van der Waals surface area contributed by atoms with E-state index in [1.807, 2.05) is 12.1 Å². The van der Waals surface area contributed by atoms with Gasteiger partial charge >= 0.3 is 0 Å². The van der Waals surface area contributed by atoms with Crippen LogP contribution in [0.4, 0.5) is 0 Å². The summed E-state index contributed by atoms with van der Waals surface area (Å²) in [6.45, 7) is 8.51. The van der Waals surface area contributed by atoms with Gasteiger partial charge in [0.2, 0.25) is 11.8 Å². The third-order valence-corrected chi connectivity index (χ3v) is 5.84. The van der Waals surface area contributed by atoms with Gasteiger partial charge in [0.25, 0.3) is 0 Å². The van der Waals surface area contributed by atoms with Gasteiger partial charge in [0.1, 0.15) is 23.9 Å². The van der Waals surface area contributed by atoms with E-state index in [0.717, 1.165) is 33.6 Å². The lowest BCUT2D eigenvalue weighted by Crippen LogP contribution is -2.20. The molecule has 1 aliphatic heterocycles. The van der Waals surface area contributed by atoms with Crippen LogP contribution in [0, 0.1) is 0 Å². The van der Waals surface area contributed by atoms with Crippen LogP contribution in [0.2, 0.25) is 0 Å². The van der Waals surface area contributed by atoms with Crippen molar-refractivity contribution in [3.8, 4) is 22.5 Å². The number of oxazole rings is 2. The summed E-state index contributed by atoms with van der Waals surface area (Å²) in [7, 11) is 0. The summed E-state index contributed by atoms with van der Waals surface area (Å²) in [5.41, 5.74) is 5.21. The van der Waals surface area contributed by atoms with Gasteiger partial charge in [-0.3, -0.25) is 0 Å². The fraction of sp³-hybridized carbons (Fsp3) is 0.250. The Labute approximate surface area is 164 Å². The van der Waals surface area contributed by atoms with Crippen LogP contribution in [0.3, 0.4) is 0 Å². The maximum absolute atomic E-state index is 5.94. The summed E-state index contributed by atoms with van der Waals surface area (Å²) in [4.78, 5) is 9.67. The number of hydrogen-bond donors (Lipinski definition) is 0. The van der Waals surface area contributed by atoms with Crippen LogP contribution >= 0.6 is 0 Å². The van der Waals surface area contributed by atoms with E-state index in [1.54, 1.807) is 12.5 Å². The molecule has 0 aliphatic carbocycles. The molecule has 3 heterocycles. The van der Waals surface area contributed by atoms with E-state index in [0.29, 0.717) is 11.8 Å². The highest BCUT2D eigenvalue weighted by Crippen LogP contribution is 2.38. The highest BCUT2D eigenvalue weighted by Gasteiger charge is 2.32. The molecule has 0 radical (unpaired) electrons. The fourth-order valence-electron chi connectivity index (χ4n) is 3.77. The van der Waals surface area contributed by atoms with Crippen molar-refractivity contribution in [2.24, 2.45) is 0 Å². The first kappa shape index (κ1) is 17.0. The van der Waals surface area contributed by atoms with E-state index in [-0.39, 0.29) is 10.8 Å². The molecule has 8 bridgehead atoms. The van der Waals surface area contributed by atoms with Crippen molar-refractivity contribution in [3.63, 3.8) is 0 Å². The SMILES string of the molecule is CC1(C)c2cccc(c2)-c2coc(n2)C(C)(C)c2cccc(c2)-c2coc1n2. The van der Waals surface area contributed by atoms with Gasteiger partial charge in [0.15, 0.2) is 0 Å². The Morgan fingerprint density at radius 1 is 0.643 bits per heavy atom. The zero-order valence-electron chi connectivity index (χ0n) is 16.5. The largest absolute Gasteiger partial charge is 0.447 e. The molecule has 0 unspecified atom stereocenters. The molecule has 1 aliphatic rings. The Bertz CT molecular complexity index is 1090. The molecule has 2 aromatic heterocycles. The lowest BCUT2D eigenvalue weighted by molar-refractivity contribution is 0.412. The lowest BCUT2D eigenvalue weighted by Gasteiger charge is -2.23. The first-order valence-electron chi connectivity index (χ1n) is 9.49.